The van der Waals surface area contributed by atoms with Crippen LogP contribution < -0.4 is 5.32 Å². The van der Waals surface area contributed by atoms with Gasteiger partial charge >= 0.3 is 6.03 Å². The summed E-state index contributed by atoms with van der Waals surface area (Å²) in [5.41, 5.74) is 3.76. The van der Waals surface area contributed by atoms with Crippen LogP contribution in [0.25, 0.3) is 11.5 Å². The number of nitrogens with one attached hydrogen (secondary N) is 1. The normalized spacial score (nSPS) is 14.5. The first-order valence-electron chi connectivity index (χ1n) is 12.0. The molecular formula is C29H22ClF2N5O. The number of halogens is 3. The Morgan fingerprint density at radius 2 is 1.82 bits per heavy atom. The second-order valence-electron chi connectivity index (χ2n) is 9.08. The van der Waals surface area contributed by atoms with E-state index in [9.17, 15) is 13.6 Å². The average molecular weight is 530 g/mol. The number of hydrogen-bond acceptors (Lipinski definition) is 2. The molecule has 2 amide bonds. The van der Waals surface area contributed by atoms with E-state index in [4.69, 9.17) is 16.7 Å². The molecule has 0 fully saturated rings. The van der Waals surface area contributed by atoms with Crippen molar-refractivity contribution in [1.29, 1.82) is 0 Å². The molecule has 1 aliphatic heterocycles. The number of nitrogens with zero attached hydrogens (tertiary/aromatic N) is 4. The number of urea groups is 1. The van der Waals surface area contributed by atoms with Crippen LogP contribution in [0.5, 0.6) is 0 Å². The number of para-hydroxylation sites is 1. The van der Waals surface area contributed by atoms with E-state index in [1.54, 1.807) is 17.0 Å². The number of fused-ring (bicyclic) bond motifs is 3. The fourth-order valence-electron chi connectivity index (χ4n) is 4.96. The van der Waals surface area contributed by atoms with Crippen molar-refractivity contribution in [3.63, 3.8) is 0 Å². The SMILES string of the molecule is Cc1nn(-c2ccccc2)c2c1CN(C(=O)Nc1cc(F)ccc1F)[C@H](c1cccc(Cl)c1)c1cccn1-2. The maximum absolute atomic E-state index is 14.5. The van der Waals surface area contributed by atoms with Crippen molar-refractivity contribution < 1.29 is 13.6 Å². The highest BCUT2D eigenvalue weighted by Gasteiger charge is 2.36. The van der Waals surface area contributed by atoms with Gasteiger partial charge < -0.3 is 14.8 Å². The molecule has 0 saturated carbocycles. The summed E-state index contributed by atoms with van der Waals surface area (Å²) in [4.78, 5) is 15.4. The van der Waals surface area contributed by atoms with Gasteiger partial charge in [-0.2, -0.15) is 5.10 Å². The third-order valence-electron chi connectivity index (χ3n) is 6.68. The fourth-order valence-corrected chi connectivity index (χ4v) is 5.16. The number of hydrogen-bond donors (Lipinski definition) is 1. The molecule has 1 aliphatic rings. The van der Waals surface area contributed by atoms with E-state index < -0.39 is 23.7 Å². The largest absolute Gasteiger partial charge is 0.323 e. The molecule has 0 radical (unpaired) electrons. The minimum absolute atomic E-state index is 0.162. The van der Waals surface area contributed by atoms with Crippen LogP contribution in [0.1, 0.15) is 28.6 Å². The van der Waals surface area contributed by atoms with Gasteiger partial charge in [0.1, 0.15) is 17.5 Å². The van der Waals surface area contributed by atoms with Crippen molar-refractivity contribution in [1.82, 2.24) is 19.2 Å². The zero-order valence-electron chi connectivity index (χ0n) is 20.3. The van der Waals surface area contributed by atoms with Gasteiger partial charge in [0.2, 0.25) is 0 Å². The van der Waals surface area contributed by atoms with Gasteiger partial charge in [0.15, 0.2) is 0 Å². The molecule has 190 valence electrons. The van der Waals surface area contributed by atoms with E-state index in [0.717, 1.165) is 52.2 Å². The van der Waals surface area contributed by atoms with Gasteiger partial charge in [-0.1, -0.05) is 41.9 Å². The number of anilines is 1. The van der Waals surface area contributed by atoms with Crippen LogP contribution in [-0.2, 0) is 6.54 Å². The summed E-state index contributed by atoms with van der Waals surface area (Å²) in [6.45, 7) is 2.05. The van der Waals surface area contributed by atoms with E-state index in [2.05, 4.69) is 5.32 Å². The number of rotatable bonds is 3. The number of benzene rings is 3. The van der Waals surface area contributed by atoms with Gasteiger partial charge in [-0.3, -0.25) is 0 Å². The number of aryl methyl sites for hydroxylation is 1. The Morgan fingerprint density at radius 3 is 2.61 bits per heavy atom. The smallest absolute Gasteiger partial charge is 0.307 e. The minimum atomic E-state index is -0.731. The van der Waals surface area contributed by atoms with Gasteiger partial charge in [-0.05, 0) is 61.0 Å². The molecule has 3 heterocycles. The molecule has 2 aromatic heterocycles. The zero-order valence-corrected chi connectivity index (χ0v) is 21.0. The Morgan fingerprint density at radius 1 is 1.00 bits per heavy atom. The predicted octanol–water partition coefficient (Wildman–Crippen LogP) is 7.04. The summed E-state index contributed by atoms with van der Waals surface area (Å²) in [5.74, 6) is -0.584. The molecular weight excluding hydrogens is 508 g/mol. The van der Waals surface area contributed by atoms with Crippen LogP contribution >= 0.6 is 11.6 Å². The van der Waals surface area contributed by atoms with E-state index >= 15 is 0 Å². The van der Waals surface area contributed by atoms with E-state index in [0.29, 0.717) is 5.02 Å². The van der Waals surface area contributed by atoms with Crippen molar-refractivity contribution in [2.24, 2.45) is 0 Å². The lowest BCUT2D eigenvalue weighted by atomic mass is 10.0. The summed E-state index contributed by atoms with van der Waals surface area (Å²) < 4.78 is 32.3. The Bertz CT molecular complexity index is 1660. The highest BCUT2D eigenvalue weighted by molar-refractivity contribution is 6.30. The predicted molar refractivity (Wildman–Crippen MR) is 142 cm³/mol. The number of amides is 2. The Hall–Kier alpha value is -4.43. The highest BCUT2D eigenvalue weighted by Crippen LogP contribution is 2.39. The maximum Gasteiger partial charge on any atom is 0.323 e. The highest BCUT2D eigenvalue weighted by atomic mass is 35.5. The van der Waals surface area contributed by atoms with Crippen LogP contribution in [-0.4, -0.2) is 25.3 Å². The van der Waals surface area contributed by atoms with Crippen LogP contribution in [0.2, 0.25) is 5.02 Å². The lowest BCUT2D eigenvalue weighted by Crippen LogP contribution is -2.38. The fraction of sp³-hybridized carbons (Fsp3) is 0.103. The first kappa shape index (κ1) is 23.9. The number of carbonyl (C=O) groups excluding carboxylic acids is 1. The number of carbonyl (C=O) groups is 1. The van der Waals surface area contributed by atoms with Crippen molar-refractivity contribution in [2.45, 2.75) is 19.5 Å². The molecule has 0 bridgehead atoms. The second kappa shape index (κ2) is 9.46. The standard InChI is InChI=1S/C29H22ClF2N5O/c1-18-23-17-36(29(38)33-25-16-21(31)12-13-24(25)32)27(19-7-5-8-20(30)15-19)26-11-6-14-35(26)28(23)37(34-18)22-9-3-2-4-10-22/h2-16,27H,17H2,1H3,(H,33,38)/t27-/m1/s1. The molecule has 1 atom stereocenters. The van der Waals surface area contributed by atoms with Crippen LogP contribution in [0.3, 0.4) is 0 Å². The summed E-state index contributed by atoms with van der Waals surface area (Å²) in [5, 5.41) is 7.90. The van der Waals surface area contributed by atoms with Crippen LogP contribution in [0.15, 0.2) is 91.1 Å². The van der Waals surface area contributed by atoms with Gasteiger partial charge in [0.25, 0.3) is 0 Å². The molecule has 0 unspecified atom stereocenters. The third-order valence-corrected chi connectivity index (χ3v) is 6.92. The monoisotopic (exact) mass is 529 g/mol. The summed E-state index contributed by atoms with van der Waals surface area (Å²) in [6.07, 6.45) is 1.93. The molecule has 3 aromatic carbocycles. The Balaban J connectivity index is 1.54. The molecule has 5 aromatic rings. The molecule has 0 spiro atoms. The van der Waals surface area contributed by atoms with Crippen LogP contribution in [0.4, 0.5) is 19.3 Å². The van der Waals surface area contributed by atoms with Crippen molar-refractivity contribution >= 4 is 23.3 Å². The Labute approximate surface area is 222 Å². The topological polar surface area (TPSA) is 55.1 Å². The van der Waals surface area contributed by atoms with Crippen LogP contribution in [0, 0.1) is 18.6 Å². The van der Waals surface area contributed by atoms with E-state index in [1.165, 1.54) is 0 Å². The molecule has 1 N–H and O–H groups in total. The van der Waals surface area contributed by atoms with Gasteiger partial charge in [0.05, 0.1) is 35.3 Å². The third kappa shape index (κ3) is 4.13. The van der Waals surface area contributed by atoms with Gasteiger partial charge in [-0.25, -0.2) is 18.3 Å². The van der Waals surface area contributed by atoms with Crippen molar-refractivity contribution in [3.05, 3.63) is 130 Å². The summed E-state index contributed by atoms with van der Waals surface area (Å²) >= 11 is 6.37. The lowest BCUT2D eigenvalue weighted by Gasteiger charge is -2.31. The van der Waals surface area contributed by atoms with Crippen molar-refractivity contribution in [3.8, 4) is 11.5 Å². The maximum atomic E-state index is 14.5. The molecule has 0 saturated heterocycles. The second-order valence-corrected chi connectivity index (χ2v) is 9.51. The zero-order chi connectivity index (χ0) is 26.4. The summed E-state index contributed by atoms with van der Waals surface area (Å²) in [7, 11) is 0. The molecule has 9 heteroatoms. The molecule has 38 heavy (non-hydrogen) atoms. The average Bonchev–Trinajstić information content (AvgIpc) is 3.47. The van der Waals surface area contributed by atoms with Crippen molar-refractivity contribution in [2.75, 3.05) is 5.32 Å². The van der Waals surface area contributed by atoms with E-state index in [1.807, 2.05) is 77.0 Å². The quantitative estimate of drug-likeness (QED) is 0.272. The number of aromatic nitrogens is 3. The Kier molecular flexibility index (Phi) is 5.96. The van der Waals surface area contributed by atoms with Gasteiger partial charge in [0, 0.05) is 22.8 Å². The lowest BCUT2D eigenvalue weighted by molar-refractivity contribution is 0.194. The first-order valence-corrected chi connectivity index (χ1v) is 12.4. The summed E-state index contributed by atoms with van der Waals surface area (Å²) in [6, 6.07) is 22.6. The van der Waals surface area contributed by atoms with Gasteiger partial charge in [-0.15, -0.1) is 0 Å². The molecule has 6 nitrogen and oxygen atoms in total. The molecule has 0 aliphatic carbocycles. The van der Waals surface area contributed by atoms with E-state index in [-0.39, 0.29) is 12.2 Å². The first-order chi connectivity index (χ1) is 18.4. The minimum Gasteiger partial charge on any atom is -0.307 e. The molecule has 6 rings (SSSR count).